The lowest BCUT2D eigenvalue weighted by Gasteiger charge is -2.43. The summed E-state index contributed by atoms with van der Waals surface area (Å²) in [6.07, 6.45) is 7.57. The van der Waals surface area contributed by atoms with Gasteiger partial charge in [-0.15, -0.1) is 0 Å². The highest BCUT2D eigenvalue weighted by atomic mass is 35.5. The summed E-state index contributed by atoms with van der Waals surface area (Å²) in [6.45, 7) is 2.86. The van der Waals surface area contributed by atoms with Gasteiger partial charge in [0.25, 0.3) is 0 Å². The first-order chi connectivity index (χ1) is 15.6. The number of carbonyl (C=O) groups is 2. The van der Waals surface area contributed by atoms with Crippen LogP contribution in [0.25, 0.3) is 10.9 Å². The molecule has 32 heavy (non-hydrogen) atoms. The number of nitrogens with one attached hydrogen (secondary N) is 1. The van der Waals surface area contributed by atoms with E-state index in [0.29, 0.717) is 25.0 Å². The lowest BCUT2D eigenvalue weighted by Crippen LogP contribution is -2.62. The molecule has 0 radical (unpaired) electrons. The first-order valence-corrected chi connectivity index (χ1v) is 12.2. The van der Waals surface area contributed by atoms with E-state index in [1.54, 1.807) is 0 Å². The van der Waals surface area contributed by atoms with Gasteiger partial charge in [0.15, 0.2) is 0 Å². The van der Waals surface area contributed by atoms with Crippen LogP contribution in [0.5, 0.6) is 0 Å². The van der Waals surface area contributed by atoms with E-state index in [4.69, 9.17) is 16.3 Å². The van der Waals surface area contributed by atoms with Crippen LogP contribution in [0.2, 0.25) is 5.02 Å². The molecule has 6 rings (SSSR count). The fourth-order valence-electron chi connectivity index (χ4n) is 5.69. The van der Waals surface area contributed by atoms with E-state index in [9.17, 15) is 9.59 Å². The van der Waals surface area contributed by atoms with Gasteiger partial charge in [0.1, 0.15) is 6.61 Å². The maximum absolute atomic E-state index is 13.2. The van der Waals surface area contributed by atoms with Gasteiger partial charge in [-0.2, -0.15) is 0 Å². The van der Waals surface area contributed by atoms with Crippen molar-refractivity contribution in [2.45, 2.75) is 56.2 Å². The molecule has 1 aromatic heterocycles. The zero-order valence-corrected chi connectivity index (χ0v) is 18.9. The summed E-state index contributed by atoms with van der Waals surface area (Å²) in [5.74, 6) is 0.351. The Morgan fingerprint density at radius 1 is 1.06 bits per heavy atom. The fourth-order valence-corrected chi connectivity index (χ4v) is 5.86. The number of amides is 3. The number of halogens is 1. The van der Waals surface area contributed by atoms with Gasteiger partial charge in [0, 0.05) is 54.3 Å². The number of benzene rings is 1. The van der Waals surface area contributed by atoms with Gasteiger partial charge in [-0.1, -0.05) is 11.6 Å². The monoisotopic (exact) mass is 456 g/mol. The molecule has 4 heterocycles. The van der Waals surface area contributed by atoms with E-state index >= 15 is 0 Å². The van der Waals surface area contributed by atoms with Crippen molar-refractivity contribution in [1.29, 1.82) is 0 Å². The van der Waals surface area contributed by atoms with Gasteiger partial charge in [-0.05, 0) is 61.8 Å². The number of urea groups is 1. The number of likely N-dealkylation sites (tertiary alicyclic amines) is 2. The third kappa shape index (κ3) is 3.65. The highest BCUT2D eigenvalue weighted by molar-refractivity contribution is 6.31. The molecule has 170 valence electrons. The molecule has 2 atom stereocenters. The Kier molecular flexibility index (Phi) is 5.06. The number of hydrogen-bond acceptors (Lipinski definition) is 3. The third-order valence-corrected chi connectivity index (χ3v) is 7.80. The summed E-state index contributed by atoms with van der Waals surface area (Å²) in [5, 5.41) is 5.03. The zero-order chi connectivity index (χ0) is 21.8. The highest BCUT2D eigenvalue weighted by Gasteiger charge is 2.38. The molecule has 1 aromatic carbocycles. The Morgan fingerprint density at radius 3 is 2.62 bits per heavy atom. The number of rotatable bonds is 2. The summed E-state index contributed by atoms with van der Waals surface area (Å²) < 4.78 is 8.06. The lowest BCUT2D eigenvalue weighted by atomic mass is 9.89. The van der Waals surface area contributed by atoms with Crippen molar-refractivity contribution in [1.82, 2.24) is 19.7 Å². The molecule has 7 nitrogen and oxygen atoms in total. The van der Waals surface area contributed by atoms with Crippen molar-refractivity contribution in [3.8, 4) is 0 Å². The molecule has 0 spiro atoms. The molecule has 4 aliphatic rings. The van der Waals surface area contributed by atoms with Crippen LogP contribution in [0, 0.1) is 0 Å². The Morgan fingerprint density at radius 2 is 1.84 bits per heavy atom. The number of carbonyl (C=O) groups excluding carboxylic acids is 2. The van der Waals surface area contributed by atoms with Crippen LogP contribution in [0.3, 0.4) is 0 Å². The number of ether oxygens (including phenoxy) is 1. The van der Waals surface area contributed by atoms with Crippen molar-refractivity contribution in [2.75, 3.05) is 32.8 Å². The Hall–Kier alpha value is -2.25. The average molecular weight is 457 g/mol. The first kappa shape index (κ1) is 20.4. The van der Waals surface area contributed by atoms with Crippen molar-refractivity contribution in [3.63, 3.8) is 0 Å². The minimum absolute atomic E-state index is 0.0260. The minimum Gasteiger partial charge on any atom is -0.366 e. The average Bonchev–Trinajstić information content (AvgIpc) is 3.59. The number of aromatic nitrogens is 1. The summed E-state index contributed by atoms with van der Waals surface area (Å²) in [4.78, 5) is 28.7. The summed E-state index contributed by atoms with van der Waals surface area (Å²) in [6, 6.07) is 6.86. The molecule has 3 amide bonds. The van der Waals surface area contributed by atoms with Crippen molar-refractivity contribution in [2.24, 2.45) is 0 Å². The Labute approximate surface area is 192 Å². The number of piperidine rings is 2. The molecule has 3 aliphatic heterocycles. The molecule has 2 aromatic rings. The van der Waals surface area contributed by atoms with Gasteiger partial charge >= 0.3 is 6.03 Å². The molecular weight excluding hydrogens is 428 g/mol. The summed E-state index contributed by atoms with van der Waals surface area (Å²) in [7, 11) is 0. The molecule has 4 fully saturated rings. The number of nitrogens with zero attached hydrogens (tertiary/aromatic N) is 3. The molecule has 3 saturated heterocycles. The summed E-state index contributed by atoms with van der Waals surface area (Å²) >= 11 is 6.34. The fraction of sp³-hybridized carbons (Fsp3) is 0.583. The standard InChI is InChI=1S/C24H29ClN4O3/c25-16-1-4-21-18(11-16)19(12-29(21)17-2-3-17)15-5-8-27(9-6-15)24(31)28-10-7-22-20(13-28)26-23(30)14-32-22/h1,4,11-12,15,17,20,22H,2-3,5-10,13-14H2,(H,26,30). The van der Waals surface area contributed by atoms with Gasteiger partial charge in [-0.3, -0.25) is 4.79 Å². The number of fused-ring (bicyclic) bond motifs is 2. The van der Waals surface area contributed by atoms with Crippen LogP contribution >= 0.6 is 11.6 Å². The predicted octanol–water partition coefficient (Wildman–Crippen LogP) is 3.52. The van der Waals surface area contributed by atoms with Crippen LogP contribution in [0.4, 0.5) is 4.79 Å². The quantitative estimate of drug-likeness (QED) is 0.751. The second-order valence-corrected chi connectivity index (χ2v) is 10.1. The second-order valence-electron chi connectivity index (χ2n) is 9.69. The highest BCUT2D eigenvalue weighted by Crippen LogP contribution is 2.42. The van der Waals surface area contributed by atoms with Crippen LogP contribution in [0.1, 0.15) is 49.6 Å². The topological polar surface area (TPSA) is 66.8 Å². The Bertz CT molecular complexity index is 1060. The molecule has 1 aliphatic carbocycles. The largest absolute Gasteiger partial charge is 0.366 e. The number of hydrogen-bond donors (Lipinski definition) is 1. The van der Waals surface area contributed by atoms with E-state index in [0.717, 1.165) is 37.4 Å². The maximum Gasteiger partial charge on any atom is 0.320 e. The normalized spacial score (nSPS) is 26.8. The van der Waals surface area contributed by atoms with E-state index < -0.39 is 0 Å². The summed E-state index contributed by atoms with van der Waals surface area (Å²) in [5.41, 5.74) is 2.66. The van der Waals surface area contributed by atoms with Crippen LogP contribution in [-0.4, -0.2) is 71.2 Å². The van der Waals surface area contributed by atoms with E-state index in [-0.39, 0.29) is 30.7 Å². The van der Waals surface area contributed by atoms with Gasteiger partial charge in [0.05, 0.1) is 12.1 Å². The molecular formula is C24H29ClN4O3. The second kappa shape index (κ2) is 7.96. The van der Waals surface area contributed by atoms with Gasteiger partial charge in [0.2, 0.25) is 5.91 Å². The van der Waals surface area contributed by atoms with Crippen LogP contribution in [-0.2, 0) is 9.53 Å². The molecule has 8 heteroatoms. The number of morpholine rings is 1. The molecule has 1 saturated carbocycles. The van der Waals surface area contributed by atoms with Crippen molar-refractivity contribution >= 4 is 34.4 Å². The maximum atomic E-state index is 13.2. The predicted molar refractivity (Wildman–Crippen MR) is 122 cm³/mol. The lowest BCUT2D eigenvalue weighted by molar-refractivity contribution is -0.139. The minimum atomic E-state index is -0.0928. The van der Waals surface area contributed by atoms with Crippen LogP contribution in [0.15, 0.2) is 24.4 Å². The van der Waals surface area contributed by atoms with Crippen molar-refractivity contribution in [3.05, 3.63) is 35.0 Å². The zero-order valence-electron chi connectivity index (χ0n) is 18.1. The molecule has 2 unspecified atom stereocenters. The first-order valence-electron chi connectivity index (χ1n) is 11.8. The van der Waals surface area contributed by atoms with Crippen molar-refractivity contribution < 1.29 is 14.3 Å². The smallest absolute Gasteiger partial charge is 0.320 e. The van der Waals surface area contributed by atoms with E-state index in [2.05, 4.69) is 28.2 Å². The van der Waals surface area contributed by atoms with Gasteiger partial charge in [-0.25, -0.2) is 4.79 Å². The van der Waals surface area contributed by atoms with E-state index in [1.165, 1.54) is 29.3 Å². The molecule has 0 bridgehead atoms. The Balaban J connectivity index is 1.13. The SMILES string of the molecule is O=C1COC2CCN(C(=O)N3CCC(c4cn(C5CC5)c5ccc(Cl)cc45)CC3)CC2N1. The third-order valence-electron chi connectivity index (χ3n) is 7.57. The van der Waals surface area contributed by atoms with Crippen LogP contribution < -0.4 is 5.32 Å². The van der Waals surface area contributed by atoms with Gasteiger partial charge < -0.3 is 24.4 Å². The van der Waals surface area contributed by atoms with E-state index in [1.807, 2.05) is 15.9 Å². The molecule has 1 N–H and O–H groups in total.